The molecular formula is C21H23ClN2. The van der Waals surface area contributed by atoms with Crippen molar-refractivity contribution in [3.05, 3.63) is 64.7 Å². The van der Waals surface area contributed by atoms with E-state index in [1.165, 1.54) is 16.8 Å². The minimum absolute atomic E-state index is 0.00515. The van der Waals surface area contributed by atoms with Gasteiger partial charge in [0.1, 0.15) is 0 Å². The van der Waals surface area contributed by atoms with Gasteiger partial charge < -0.3 is 4.90 Å². The van der Waals surface area contributed by atoms with Gasteiger partial charge in [0, 0.05) is 29.6 Å². The molecule has 0 saturated carbocycles. The molecule has 0 aliphatic carbocycles. The minimum atomic E-state index is -0.00515. The largest absolute Gasteiger partial charge is 0.363 e. The van der Waals surface area contributed by atoms with E-state index >= 15 is 0 Å². The Morgan fingerprint density at radius 3 is 2.54 bits per heavy atom. The maximum Gasteiger partial charge on any atom is 0.0629 e. The van der Waals surface area contributed by atoms with Crippen LogP contribution in [0.1, 0.15) is 38.8 Å². The van der Waals surface area contributed by atoms with E-state index in [-0.39, 0.29) is 5.54 Å². The third-order valence-corrected chi connectivity index (χ3v) is 4.85. The minimum Gasteiger partial charge on any atom is -0.363 e. The molecule has 0 fully saturated rings. The topological polar surface area (TPSA) is 15.6 Å². The van der Waals surface area contributed by atoms with Gasteiger partial charge in [-0.1, -0.05) is 35.9 Å². The van der Waals surface area contributed by atoms with Gasteiger partial charge in [0.25, 0.3) is 0 Å². The molecule has 1 aliphatic rings. The predicted molar refractivity (Wildman–Crippen MR) is 106 cm³/mol. The zero-order chi connectivity index (χ0) is 17.3. The molecule has 24 heavy (non-hydrogen) atoms. The van der Waals surface area contributed by atoms with Crippen LogP contribution < -0.4 is 4.90 Å². The molecule has 0 radical (unpaired) electrons. The van der Waals surface area contributed by atoms with E-state index in [2.05, 4.69) is 55.8 Å². The number of benzene rings is 2. The Morgan fingerprint density at radius 2 is 1.88 bits per heavy atom. The molecule has 0 bridgehead atoms. The second-order valence-electron chi connectivity index (χ2n) is 6.71. The van der Waals surface area contributed by atoms with Crippen LogP contribution in [0.2, 0.25) is 5.02 Å². The van der Waals surface area contributed by atoms with Gasteiger partial charge in [-0.3, -0.25) is 4.99 Å². The first-order chi connectivity index (χ1) is 11.4. The molecule has 0 amide bonds. The van der Waals surface area contributed by atoms with Crippen LogP contribution in [-0.4, -0.2) is 18.3 Å². The smallest absolute Gasteiger partial charge is 0.0629 e. The van der Waals surface area contributed by atoms with Crippen LogP contribution in [0.3, 0.4) is 0 Å². The lowest BCUT2D eigenvalue weighted by molar-refractivity contribution is 0.566. The molecule has 0 saturated heterocycles. The molecule has 3 heteroatoms. The summed E-state index contributed by atoms with van der Waals surface area (Å²) in [7, 11) is 0. The lowest BCUT2D eigenvalue weighted by Crippen LogP contribution is -2.44. The van der Waals surface area contributed by atoms with Crippen molar-refractivity contribution in [1.29, 1.82) is 0 Å². The molecular weight excluding hydrogens is 316 g/mol. The second kappa shape index (κ2) is 6.45. The Kier molecular flexibility index (Phi) is 4.51. The number of halogens is 1. The summed E-state index contributed by atoms with van der Waals surface area (Å²) in [4.78, 5) is 6.92. The Balaban J connectivity index is 2.04. The number of aliphatic imine (C=N–C) groups is 1. The van der Waals surface area contributed by atoms with Gasteiger partial charge >= 0.3 is 0 Å². The zero-order valence-electron chi connectivity index (χ0n) is 14.7. The summed E-state index contributed by atoms with van der Waals surface area (Å²) in [6.07, 6.45) is 4.17. The fraction of sp³-hybridized carbons (Fsp3) is 0.286. The molecule has 2 aromatic carbocycles. The average molecular weight is 339 g/mol. The van der Waals surface area contributed by atoms with Crippen molar-refractivity contribution < 1.29 is 0 Å². The monoisotopic (exact) mass is 338 g/mol. The van der Waals surface area contributed by atoms with Crippen LogP contribution in [0.15, 0.2) is 53.5 Å². The number of fused-ring (bicyclic) bond motifs is 1. The first-order valence-corrected chi connectivity index (χ1v) is 8.70. The fourth-order valence-corrected chi connectivity index (χ4v) is 3.66. The summed E-state index contributed by atoms with van der Waals surface area (Å²) in [6, 6.07) is 14.1. The maximum absolute atomic E-state index is 6.55. The lowest BCUT2D eigenvalue weighted by Gasteiger charge is -2.43. The van der Waals surface area contributed by atoms with Crippen molar-refractivity contribution in [3.8, 4) is 0 Å². The van der Waals surface area contributed by atoms with E-state index in [4.69, 9.17) is 11.6 Å². The highest BCUT2D eigenvalue weighted by atomic mass is 35.5. The van der Waals surface area contributed by atoms with Crippen molar-refractivity contribution in [3.63, 3.8) is 0 Å². The Hall–Kier alpha value is -2.06. The number of nitrogens with zero attached hydrogens (tertiary/aromatic N) is 2. The van der Waals surface area contributed by atoms with Gasteiger partial charge in [-0.2, -0.15) is 0 Å². The second-order valence-corrected chi connectivity index (χ2v) is 7.12. The van der Waals surface area contributed by atoms with Crippen LogP contribution in [0, 0.1) is 0 Å². The number of hydrogen-bond acceptors (Lipinski definition) is 2. The van der Waals surface area contributed by atoms with Crippen LogP contribution >= 0.6 is 11.6 Å². The third kappa shape index (κ3) is 3.11. The van der Waals surface area contributed by atoms with Crippen LogP contribution in [0.25, 0.3) is 5.57 Å². The van der Waals surface area contributed by atoms with Crippen molar-refractivity contribution in [2.75, 3.05) is 11.4 Å². The molecule has 124 valence electrons. The summed E-state index contributed by atoms with van der Waals surface area (Å²) in [5, 5.41) is 0.734. The summed E-state index contributed by atoms with van der Waals surface area (Å²) in [5.41, 5.74) is 5.58. The quantitative estimate of drug-likeness (QED) is 0.616. The Bertz CT molecular complexity index is 804. The van der Waals surface area contributed by atoms with Gasteiger partial charge in [0.15, 0.2) is 0 Å². The van der Waals surface area contributed by atoms with Crippen LogP contribution in [0.5, 0.6) is 0 Å². The van der Waals surface area contributed by atoms with Crippen molar-refractivity contribution in [1.82, 2.24) is 0 Å². The molecule has 0 unspecified atom stereocenters. The number of para-hydroxylation sites is 1. The standard InChI is InChI=1S/C21H23ClN2/c1-5-24-20-12-19(22)16(14-23-17-9-7-6-8-10-17)11-18(20)15(2)13-21(24,3)4/h6-14H,5H2,1-4H3. The van der Waals surface area contributed by atoms with E-state index in [9.17, 15) is 0 Å². The highest BCUT2D eigenvalue weighted by Crippen LogP contribution is 2.41. The normalized spacial score (nSPS) is 16.2. The summed E-state index contributed by atoms with van der Waals surface area (Å²) in [5.74, 6) is 0. The number of likely N-dealkylation sites (N-methyl/N-ethyl adjacent to an activating group) is 1. The third-order valence-electron chi connectivity index (χ3n) is 4.52. The van der Waals surface area contributed by atoms with E-state index in [0.717, 1.165) is 22.8 Å². The molecule has 2 nitrogen and oxygen atoms in total. The number of anilines is 1. The van der Waals surface area contributed by atoms with Crippen molar-refractivity contribution in [2.24, 2.45) is 4.99 Å². The van der Waals surface area contributed by atoms with E-state index in [1.807, 2.05) is 36.5 Å². The van der Waals surface area contributed by atoms with E-state index in [0.29, 0.717) is 0 Å². The van der Waals surface area contributed by atoms with Crippen molar-refractivity contribution >= 4 is 34.8 Å². The predicted octanol–water partition coefficient (Wildman–Crippen LogP) is 6.11. The number of hydrogen-bond donors (Lipinski definition) is 0. The molecule has 0 spiro atoms. The summed E-state index contributed by atoms with van der Waals surface area (Å²) >= 11 is 6.55. The maximum atomic E-state index is 6.55. The van der Waals surface area contributed by atoms with Gasteiger partial charge in [0.05, 0.1) is 16.2 Å². The first kappa shape index (κ1) is 16.8. The van der Waals surface area contributed by atoms with Crippen LogP contribution in [-0.2, 0) is 0 Å². The Labute approximate surface area is 149 Å². The molecule has 0 aromatic heterocycles. The highest BCUT2D eigenvalue weighted by molar-refractivity contribution is 6.33. The molecule has 3 rings (SSSR count). The molecule has 0 atom stereocenters. The average Bonchev–Trinajstić information content (AvgIpc) is 2.54. The molecule has 1 aliphatic heterocycles. The highest BCUT2D eigenvalue weighted by Gasteiger charge is 2.30. The van der Waals surface area contributed by atoms with Crippen LogP contribution in [0.4, 0.5) is 11.4 Å². The fourth-order valence-electron chi connectivity index (χ4n) is 3.45. The molecule has 1 heterocycles. The van der Waals surface area contributed by atoms with Gasteiger partial charge in [-0.15, -0.1) is 0 Å². The lowest BCUT2D eigenvalue weighted by atomic mass is 9.88. The van der Waals surface area contributed by atoms with Gasteiger partial charge in [0.2, 0.25) is 0 Å². The number of rotatable bonds is 3. The summed E-state index contributed by atoms with van der Waals surface area (Å²) < 4.78 is 0. The molecule has 2 aromatic rings. The molecule has 0 N–H and O–H groups in total. The first-order valence-electron chi connectivity index (χ1n) is 8.32. The number of allylic oxidation sites excluding steroid dienone is 1. The van der Waals surface area contributed by atoms with Crippen molar-refractivity contribution in [2.45, 2.75) is 33.2 Å². The van der Waals surface area contributed by atoms with Gasteiger partial charge in [-0.25, -0.2) is 0 Å². The SMILES string of the molecule is CCN1c2cc(Cl)c(C=Nc3ccccc3)cc2C(C)=CC1(C)C. The summed E-state index contributed by atoms with van der Waals surface area (Å²) in [6.45, 7) is 9.76. The zero-order valence-corrected chi connectivity index (χ0v) is 15.4. The van der Waals surface area contributed by atoms with E-state index < -0.39 is 0 Å². The van der Waals surface area contributed by atoms with Gasteiger partial charge in [-0.05, 0) is 57.5 Å². The van der Waals surface area contributed by atoms with E-state index in [1.54, 1.807) is 0 Å². The Morgan fingerprint density at radius 1 is 1.17 bits per heavy atom.